The molecule has 0 aliphatic rings. The Balaban J connectivity index is 0.000000205. The average molecular weight is 266 g/mol. The first kappa shape index (κ1) is 13.5. The van der Waals surface area contributed by atoms with Crippen molar-refractivity contribution in [2.45, 2.75) is 6.42 Å². The van der Waals surface area contributed by atoms with Crippen molar-refractivity contribution in [1.29, 1.82) is 0 Å². The summed E-state index contributed by atoms with van der Waals surface area (Å²) in [5.74, 6) is 1.02. The standard InChI is InChI=1S/C9H9N2.C5H5.Fe/c1-2-4-8(3-1)7-9-10-5-6-11-9;1-2-4-5-3-1;/h1-6H,7H2,(H,10,11);1-5H;/q2*-1;+2. The molecule has 1 heterocycles. The first-order chi connectivity index (χ1) is 7.95. The number of nitrogens with one attached hydrogen (secondary N) is 1. The summed E-state index contributed by atoms with van der Waals surface area (Å²) in [6, 6.07) is 18.3. The van der Waals surface area contributed by atoms with Crippen LogP contribution >= 0.6 is 0 Å². The van der Waals surface area contributed by atoms with Crippen LogP contribution in [-0.2, 0) is 23.5 Å². The number of hydrogen-bond donors (Lipinski definition) is 1. The van der Waals surface area contributed by atoms with E-state index in [1.54, 1.807) is 6.20 Å². The summed E-state index contributed by atoms with van der Waals surface area (Å²) in [5, 5.41) is 0. The van der Waals surface area contributed by atoms with Gasteiger partial charge >= 0.3 is 17.1 Å². The van der Waals surface area contributed by atoms with E-state index in [1.165, 1.54) is 5.56 Å². The summed E-state index contributed by atoms with van der Waals surface area (Å²) >= 11 is 0. The fourth-order valence-corrected chi connectivity index (χ4v) is 1.44. The van der Waals surface area contributed by atoms with E-state index in [0.717, 1.165) is 12.2 Å². The van der Waals surface area contributed by atoms with Crippen LogP contribution in [0.5, 0.6) is 0 Å². The van der Waals surface area contributed by atoms with Crippen LogP contribution in [0.15, 0.2) is 67.0 Å². The van der Waals surface area contributed by atoms with Crippen LogP contribution in [0.1, 0.15) is 11.4 Å². The molecule has 2 nitrogen and oxygen atoms in total. The van der Waals surface area contributed by atoms with Crippen molar-refractivity contribution in [3.05, 3.63) is 78.4 Å². The molecule has 0 aliphatic carbocycles. The van der Waals surface area contributed by atoms with Crippen LogP contribution < -0.4 is 0 Å². The molecule has 2 aromatic carbocycles. The summed E-state index contributed by atoms with van der Waals surface area (Å²) in [7, 11) is 0. The van der Waals surface area contributed by atoms with Crippen molar-refractivity contribution in [3.8, 4) is 0 Å². The number of rotatable bonds is 2. The fourth-order valence-electron chi connectivity index (χ4n) is 1.44. The van der Waals surface area contributed by atoms with Crippen molar-refractivity contribution >= 4 is 0 Å². The molecule has 1 N–H and O–H groups in total. The number of nitrogens with zero attached hydrogens (tertiary/aromatic N) is 1. The summed E-state index contributed by atoms with van der Waals surface area (Å²) in [5.41, 5.74) is 1.31. The van der Waals surface area contributed by atoms with Gasteiger partial charge in [0.25, 0.3) is 0 Å². The molecule has 0 fully saturated rings. The molecule has 3 rings (SSSR count). The summed E-state index contributed by atoms with van der Waals surface area (Å²) in [6.07, 6.45) is 4.52. The van der Waals surface area contributed by atoms with Crippen LogP contribution in [0.2, 0.25) is 0 Å². The molecule has 0 unspecified atom stereocenters. The van der Waals surface area contributed by atoms with E-state index in [0.29, 0.717) is 0 Å². The van der Waals surface area contributed by atoms with Gasteiger partial charge in [-0.15, -0.1) is 0 Å². The van der Waals surface area contributed by atoms with Crippen molar-refractivity contribution in [3.63, 3.8) is 0 Å². The minimum absolute atomic E-state index is 0. The molecular formula is C14H14FeN2. The smallest absolute Gasteiger partial charge is 0.349 e. The van der Waals surface area contributed by atoms with E-state index < -0.39 is 0 Å². The van der Waals surface area contributed by atoms with Gasteiger partial charge in [-0.3, -0.25) is 0 Å². The predicted molar refractivity (Wildman–Crippen MR) is 65.5 cm³/mol. The van der Waals surface area contributed by atoms with Gasteiger partial charge in [0.2, 0.25) is 0 Å². The van der Waals surface area contributed by atoms with E-state index in [4.69, 9.17) is 0 Å². The Hall–Kier alpha value is -1.57. The second-order valence-electron chi connectivity index (χ2n) is 3.47. The zero-order valence-electron chi connectivity index (χ0n) is 9.36. The number of aromatic amines is 1. The van der Waals surface area contributed by atoms with Crippen LogP contribution in [0.25, 0.3) is 0 Å². The fraction of sp³-hybridized carbons (Fsp3) is 0.0714. The monoisotopic (exact) mass is 266 g/mol. The Bertz CT molecular complexity index is 403. The van der Waals surface area contributed by atoms with Gasteiger partial charge in [0.05, 0.1) is 5.82 Å². The molecule has 1 aromatic heterocycles. The molecule has 0 atom stereocenters. The van der Waals surface area contributed by atoms with Crippen LogP contribution in [-0.4, -0.2) is 9.97 Å². The average Bonchev–Trinajstić information content (AvgIpc) is 3.05. The molecule has 0 saturated heterocycles. The molecule has 0 amide bonds. The predicted octanol–water partition coefficient (Wildman–Crippen LogP) is 3.12. The second-order valence-corrected chi connectivity index (χ2v) is 3.47. The molecule has 0 saturated carbocycles. The van der Waals surface area contributed by atoms with Crippen LogP contribution in [0, 0.1) is 0 Å². The maximum absolute atomic E-state index is 4.14. The largest absolute Gasteiger partial charge is 2.00 e. The number of imidazole rings is 1. The van der Waals surface area contributed by atoms with Crippen LogP contribution in [0.3, 0.4) is 0 Å². The number of aromatic nitrogens is 2. The van der Waals surface area contributed by atoms with E-state index >= 15 is 0 Å². The Labute approximate surface area is 112 Å². The zero-order chi connectivity index (χ0) is 11.1. The Morgan fingerprint density at radius 1 is 1.12 bits per heavy atom. The third kappa shape index (κ3) is 4.85. The van der Waals surface area contributed by atoms with Gasteiger partial charge in [0, 0.05) is 12.4 Å². The normalized spacial score (nSPS) is 8.94. The van der Waals surface area contributed by atoms with Gasteiger partial charge in [-0.1, -0.05) is 0 Å². The Morgan fingerprint density at radius 3 is 2.29 bits per heavy atom. The molecule has 3 aromatic rings. The molecule has 0 aliphatic heterocycles. The minimum Gasteiger partial charge on any atom is -0.349 e. The first-order valence-electron chi connectivity index (χ1n) is 5.30. The minimum atomic E-state index is 0. The molecule has 0 bridgehead atoms. The molecule has 88 valence electrons. The number of hydrogen-bond acceptors (Lipinski definition) is 1. The van der Waals surface area contributed by atoms with Crippen LogP contribution in [0.4, 0.5) is 0 Å². The summed E-state index contributed by atoms with van der Waals surface area (Å²) in [4.78, 5) is 7.20. The van der Waals surface area contributed by atoms with Gasteiger partial charge in [0.15, 0.2) is 0 Å². The third-order valence-corrected chi connectivity index (χ3v) is 2.21. The molecule has 3 heteroatoms. The van der Waals surface area contributed by atoms with E-state index in [1.807, 2.05) is 48.7 Å². The van der Waals surface area contributed by atoms with Gasteiger partial charge < -0.3 is 4.98 Å². The number of H-pyrrole nitrogens is 1. The van der Waals surface area contributed by atoms with Crippen molar-refractivity contribution in [1.82, 2.24) is 9.97 Å². The molecule has 0 spiro atoms. The zero-order valence-corrected chi connectivity index (χ0v) is 10.5. The quantitative estimate of drug-likeness (QED) is 0.560. The first-order valence-corrected chi connectivity index (χ1v) is 5.30. The maximum atomic E-state index is 4.14. The molecule has 17 heavy (non-hydrogen) atoms. The summed E-state index contributed by atoms with van der Waals surface area (Å²) in [6.45, 7) is 0. The SMILES string of the molecule is [Fe+2].c1cc[c-](Cc2ncc[nH]2)c1.c1cc[cH-]c1. The third-order valence-electron chi connectivity index (χ3n) is 2.21. The summed E-state index contributed by atoms with van der Waals surface area (Å²) < 4.78 is 0. The Morgan fingerprint density at radius 2 is 1.82 bits per heavy atom. The van der Waals surface area contributed by atoms with E-state index in [2.05, 4.69) is 22.1 Å². The molecule has 0 radical (unpaired) electrons. The maximum Gasteiger partial charge on any atom is 2.00 e. The van der Waals surface area contributed by atoms with Crippen molar-refractivity contribution in [2.75, 3.05) is 0 Å². The molecular weight excluding hydrogens is 252 g/mol. The topological polar surface area (TPSA) is 28.7 Å². The Kier molecular flexibility index (Phi) is 6.08. The van der Waals surface area contributed by atoms with Gasteiger partial charge in [-0.05, 0) is 6.42 Å². The van der Waals surface area contributed by atoms with Crippen molar-refractivity contribution in [2.24, 2.45) is 0 Å². The van der Waals surface area contributed by atoms with Gasteiger partial charge in [0.1, 0.15) is 0 Å². The van der Waals surface area contributed by atoms with E-state index in [9.17, 15) is 0 Å². The van der Waals surface area contributed by atoms with E-state index in [-0.39, 0.29) is 17.1 Å². The second kappa shape index (κ2) is 7.66. The van der Waals surface area contributed by atoms with Gasteiger partial charge in [-0.2, -0.15) is 35.9 Å². The van der Waals surface area contributed by atoms with Crippen molar-refractivity contribution < 1.29 is 17.1 Å². The van der Waals surface area contributed by atoms with Gasteiger partial charge in [-0.25, -0.2) is 29.2 Å².